The summed E-state index contributed by atoms with van der Waals surface area (Å²) in [7, 11) is 0.00627. The van der Waals surface area contributed by atoms with Gasteiger partial charge in [-0.25, -0.2) is 0 Å². The number of nitro groups is 1. The molecule has 10 heteroatoms. The van der Waals surface area contributed by atoms with Crippen molar-refractivity contribution in [3.8, 4) is 6.07 Å². The first kappa shape index (κ1) is 26.2. The van der Waals surface area contributed by atoms with Crippen LogP contribution >= 0.6 is 7.92 Å². The Balaban J connectivity index is 2.24. The maximum absolute atomic E-state index is 12.2. The molecule has 4 rings (SSSR count). The number of carbonyl (C=O) groups excluding carboxylic acids is 1. The van der Waals surface area contributed by atoms with Gasteiger partial charge in [0.2, 0.25) is 0 Å². The van der Waals surface area contributed by atoms with E-state index < -0.39 is 45.8 Å². The normalized spacial score (nSPS) is 10.5. The quantitative estimate of drug-likeness (QED) is 0.0717. The number of hydrogen-bond acceptors (Lipinski definition) is 6. The van der Waals surface area contributed by atoms with Gasteiger partial charge in [0.15, 0.2) is 0 Å². The Morgan fingerprint density at radius 3 is 1.92 bits per heavy atom. The summed E-state index contributed by atoms with van der Waals surface area (Å²) in [4.78, 5) is 36.9. The Morgan fingerprint density at radius 1 is 0.973 bits per heavy atom. The maximum atomic E-state index is 12.2. The molecule has 0 spiro atoms. The molecule has 0 aliphatic rings. The van der Waals surface area contributed by atoms with E-state index >= 15 is 0 Å². The molecular weight excluding hydrogens is 597 g/mol. The van der Waals surface area contributed by atoms with Crippen molar-refractivity contribution in [1.82, 2.24) is 0 Å². The summed E-state index contributed by atoms with van der Waals surface area (Å²) in [5, 5.41) is 27.9. The molecule has 4 aromatic carbocycles. The molecule has 0 unspecified atom stereocenters. The fraction of sp³-hybridized carbons (Fsp3) is 0.0370. The third-order valence-corrected chi connectivity index (χ3v) is 12.1. The Labute approximate surface area is 225 Å². The molecule has 37 heavy (non-hydrogen) atoms. The van der Waals surface area contributed by atoms with Crippen LogP contribution in [0.2, 0.25) is 0 Å². The van der Waals surface area contributed by atoms with Crippen LogP contribution in [0.5, 0.6) is 0 Å². The number of nitrogens with zero attached hydrogens (tertiary/aromatic N) is 4. The molecule has 8 nitrogen and oxygen atoms in total. The van der Waals surface area contributed by atoms with E-state index in [1.165, 1.54) is 7.05 Å². The second kappa shape index (κ2) is 11.9. The average molecular weight is 616 g/mol. The topological polar surface area (TPSA) is 117 Å². The van der Waals surface area contributed by atoms with Crippen molar-refractivity contribution in [2.24, 2.45) is 5.18 Å². The zero-order chi connectivity index (χ0) is 26.4. The van der Waals surface area contributed by atoms with Crippen LogP contribution in [0.15, 0.2) is 96.2 Å². The van der Waals surface area contributed by atoms with Gasteiger partial charge in [-0.2, -0.15) is 0 Å². The van der Waals surface area contributed by atoms with Crippen LogP contribution in [0.3, 0.4) is 0 Å². The van der Waals surface area contributed by atoms with Gasteiger partial charge in [0.25, 0.3) is 0 Å². The summed E-state index contributed by atoms with van der Waals surface area (Å²) in [6.07, 6.45) is 0.502. The van der Waals surface area contributed by atoms with Crippen LogP contribution < -0.4 is 27.8 Å². The Bertz CT molecular complexity index is 1460. The standard InChI is InChI=1S/C21H14N4O4P.C6H5.Sb/c1-24(14-26)21-18(12-15(13-22)20(25(28)29)19(21)23-27)30(16-8-4-2-5-9-16)17-10-6-3-7-11-17;1-2-4-6-5-3-1;/h2-11,14H,1H3;1-5H;. The number of nitriles is 1. The van der Waals surface area contributed by atoms with Crippen LogP contribution in [-0.2, 0) is 4.79 Å². The molecule has 4 aromatic rings. The summed E-state index contributed by atoms with van der Waals surface area (Å²) in [6.45, 7) is 0. The van der Waals surface area contributed by atoms with Crippen LogP contribution in [-0.4, -0.2) is 40.0 Å². The Morgan fingerprint density at radius 2 is 1.49 bits per heavy atom. The number of benzene rings is 4. The van der Waals surface area contributed by atoms with E-state index in [1.54, 1.807) is 0 Å². The molecule has 181 valence electrons. The first-order valence-corrected chi connectivity index (χ1v) is 14.9. The summed E-state index contributed by atoms with van der Waals surface area (Å²) in [6, 6.07) is 30.6. The summed E-state index contributed by atoms with van der Waals surface area (Å²) >= 11 is -1.62. The van der Waals surface area contributed by atoms with Gasteiger partial charge in [-0.1, -0.05) is 0 Å². The zero-order valence-electron chi connectivity index (χ0n) is 19.6. The molecular formula is C27H19N4O4PSb. The van der Waals surface area contributed by atoms with E-state index in [-0.39, 0.29) is 11.3 Å². The van der Waals surface area contributed by atoms with Gasteiger partial charge in [-0.05, 0) is 0 Å². The van der Waals surface area contributed by atoms with Gasteiger partial charge in [-0.3, -0.25) is 0 Å². The van der Waals surface area contributed by atoms with Gasteiger partial charge in [0, 0.05) is 0 Å². The number of amides is 1. The predicted molar refractivity (Wildman–Crippen MR) is 148 cm³/mol. The van der Waals surface area contributed by atoms with E-state index in [9.17, 15) is 25.1 Å². The monoisotopic (exact) mass is 615 g/mol. The minimum atomic E-state index is -1.62. The van der Waals surface area contributed by atoms with Crippen molar-refractivity contribution in [3.05, 3.63) is 112 Å². The summed E-state index contributed by atoms with van der Waals surface area (Å²) in [5.74, 6) is 0. The number of hydrogen-bond donors (Lipinski definition) is 0. The Hall–Kier alpha value is -3.91. The van der Waals surface area contributed by atoms with Crippen molar-refractivity contribution in [2.75, 3.05) is 11.9 Å². The fourth-order valence-corrected chi connectivity index (χ4v) is 10.7. The van der Waals surface area contributed by atoms with Gasteiger partial charge in [0.1, 0.15) is 0 Å². The molecule has 0 atom stereocenters. The average Bonchev–Trinajstić information content (AvgIpc) is 2.94. The molecule has 1 radical (unpaired) electrons. The molecule has 0 aromatic heterocycles. The number of rotatable bonds is 9. The van der Waals surface area contributed by atoms with Gasteiger partial charge in [-0.15, -0.1) is 0 Å². The third-order valence-electron chi connectivity index (χ3n) is 5.52. The van der Waals surface area contributed by atoms with E-state index in [1.807, 2.05) is 97.1 Å². The predicted octanol–water partition coefficient (Wildman–Crippen LogP) is 2.87. The third kappa shape index (κ3) is 5.29. The van der Waals surface area contributed by atoms with Crippen LogP contribution in [0.25, 0.3) is 0 Å². The summed E-state index contributed by atoms with van der Waals surface area (Å²) < 4.78 is 1.50. The van der Waals surface area contributed by atoms with Crippen molar-refractivity contribution >= 4 is 75.9 Å². The second-order valence-corrected chi connectivity index (χ2v) is 13.3. The van der Waals surface area contributed by atoms with Crippen LogP contribution in [0.4, 0.5) is 17.1 Å². The van der Waals surface area contributed by atoms with Crippen molar-refractivity contribution in [1.29, 1.82) is 5.26 Å². The van der Waals surface area contributed by atoms with Gasteiger partial charge in [0.05, 0.1) is 0 Å². The minimum absolute atomic E-state index is 0.0657. The van der Waals surface area contributed by atoms with E-state index in [2.05, 4.69) is 5.18 Å². The molecule has 0 fully saturated rings. The van der Waals surface area contributed by atoms with Crippen molar-refractivity contribution < 1.29 is 9.72 Å². The summed E-state index contributed by atoms with van der Waals surface area (Å²) in [5.41, 5.74) is -1.28. The van der Waals surface area contributed by atoms with Crippen LogP contribution in [0, 0.1) is 26.4 Å². The molecule has 0 saturated carbocycles. The fourth-order valence-electron chi connectivity index (χ4n) is 3.96. The number of nitroso groups, excluding NO2 is 1. The van der Waals surface area contributed by atoms with E-state index in [0.29, 0.717) is 15.2 Å². The van der Waals surface area contributed by atoms with Crippen molar-refractivity contribution in [3.63, 3.8) is 0 Å². The molecule has 0 bridgehead atoms. The molecule has 0 saturated heterocycles. The second-order valence-electron chi connectivity index (χ2n) is 7.75. The van der Waals surface area contributed by atoms with Crippen molar-refractivity contribution in [2.45, 2.75) is 0 Å². The molecule has 0 N–H and O–H groups in total. The first-order valence-electron chi connectivity index (χ1n) is 11.0. The molecule has 0 aliphatic carbocycles. The number of nitro benzene ring substituents is 1. The first-order chi connectivity index (χ1) is 18.0. The van der Waals surface area contributed by atoms with Gasteiger partial charge >= 0.3 is 226 Å². The molecule has 0 heterocycles. The number of carbonyl (C=O) groups is 1. The van der Waals surface area contributed by atoms with E-state index in [0.717, 1.165) is 19.0 Å². The number of anilines is 1. The molecule has 1 amide bonds. The van der Waals surface area contributed by atoms with Gasteiger partial charge < -0.3 is 0 Å². The molecule has 0 aliphatic heterocycles. The Kier molecular flexibility index (Phi) is 8.40. The van der Waals surface area contributed by atoms with Crippen LogP contribution in [0.1, 0.15) is 5.56 Å². The SMILES string of the molecule is CN(C=O)c1c(N=O)c([N+](=O)[O-])c(C#N)[c]([Sb][c]2ccccc2)c1P(c1ccccc1)c1ccccc1. The zero-order valence-corrected chi connectivity index (χ0v) is 23.0. The van der Waals surface area contributed by atoms with E-state index in [4.69, 9.17) is 0 Å².